The first-order chi connectivity index (χ1) is 11.9. The Hall–Kier alpha value is -1.71. The van der Waals surface area contributed by atoms with E-state index in [0.717, 1.165) is 12.7 Å². The van der Waals surface area contributed by atoms with Crippen LogP contribution < -0.4 is 10.4 Å². The van der Waals surface area contributed by atoms with Gasteiger partial charge >= 0.3 is 0 Å². The van der Waals surface area contributed by atoms with Crippen molar-refractivity contribution < 1.29 is 9.22 Å². The van der Waals surface area contributed by atoms with Crippen LogP contribution in [0, 0.1) is 5.92 Å². The maximum absolute atomic E-state index is 10.7. The lowest BCUT2D eigenvalue weighted by atomic mass is 10.1. The maximum Gasteiger partial charge on any atom is 0.261 e. The third kappa shape index (κ3) is 4.47. The summed E-state index contributed by atoms with van der Waals surface area (Å²) in [5.74, 6) is 0.367. The summed E-state index contributed by atoms with van der Waals surface area (Å²) in [6.45, 7) is 9.71. The van der Waals surface area contributed by atoms with E-state index in [1.54, 1.807) is 0 Å². The molecule has 0 saturated heterocycles. The molecular weight excluding hydrogens is 324 g/mol. The molecule has 0 heterocycles. The third-order valence-corrected chi connectivity index (χ3v) is 9.78. The van der Waals surface area contributed by atoms with Crippen LogP contribution in [0.3, 0.4) is 0 Å². The first-order valence-corrected chi connectivity index (χ1v) is 11.0. The van der Waals surface area contributed by atoms with Crippen molar-refractivity contribution in [3.05, 3.63) is 60.7 Å². The molecule has 0 aromatic heterocycles. The predicted molar refractivity (Wildman–Crippen MR) is 108 cm³/mol. The molecule has 3 heteroatoms. The van der Waals surface area contributed by atoms with Crippen LogP contribution in [0.5, 0.6) is 0 Å². The van der Waals surface area contributed by atoms with Gasteiger partial charge in [0.1, 0.15) is 6.29 Å². The fraction of sp³-hybridized carbons (Fsp3) is 0.409. The van der Waals surface area contributed by atoms with E-state index in [9.17, 15) is 4.79 Å². The molecule has 0 unspecified atom stereocenters. The van der Waals surface area contributed by atoms with Crippen molar-refractivity contribution in [2.45, 2.75) is 45.6 Å². The van der Waals surface area contributed by atoms with Gasteiger partial charge in [-0.2, -0.15) is 0 Å². The van der Waals surface area contributed by atoms with Gasteiger partial charge in [0.05, 0.1) is 0 Å². The highest BCUT2D eigenvalue weighted by Crippen LogP contribution is 2.37. The SMILES string of the molecule is C[C@H](CCC=O)CO[Si](c1ccccc1)(c1ccccc1)C(C)(C)C. The molecule has 0 N–H and O–H groups in total. The van der Waals surface area contributed by atoms with Crippen molar-refractivity contribution in [3.63, 3.8) is 0 Å². The van der Waals surface area contributed by atoms with Gasteiger partial charge in [-0.05, 0) is 27.8 Å². The number of carbonyl (C=O) groups is 1. The number of aldehydes is 1. The van der Waals surface area contributed by atoms with E-state index in [2.05, 4.69) is 88.4 Å². The number of rotatable bonds is 8. The minimum Gasteiger partial charge on any atom is -0.407 e. The zero-order valence-corrected chi connectivity index (χ0v) is 16.9. The predicted octanol–water partition coefficient (Wildman–Crippen LogP) is 4.18. The molecule has 0 radical (unpaired) electrons. The zero-order chi connectivity index (χ0) is 18.3. The van der Waals surface area contributed by atoms with E-state index in [0.29, 0.717) is 18.9 Å². The Labute approximate surface area is 153 Å². The molecule has 134 valence electrons. The molecular formula is C22H30O2Si. The summed E-state index contributed by atoms with van der Waals surface area (Å²) in [5.41, 5.74) is 0. The van der Waals surface area contributed by atoms with E-state index in [4.69, 9.17) is 4.43 Å². The molecule has 2 aromatic rings. The monoisotopic (exact) mass is 354 g/mol. The van der Waals surface area contributed by atoms with Crippen LogP contribution in [0.25, 0.3) is 0 Å². The highest BCUT2D eigenvalue weighted by Gasteiger charge is 2.50. The Morgan fingerprint density at radius 3 is 1.84 bits per heavy atom. The highest BCUT2D eigenvalue weighted by atomic mass is 28.4. The number of carbonyl (C=O) groups excluding carboxylic acids is 1. The summed E-state index contributed by atoms with van der Waals surface area (Å²) in [6.07, 6.45) is 2.48. The number of hydrogen-bond donors (Lipinski definition) is 0. The zero-order valence-electron chi connectivity index (χ0n) is 15.9. The van der Waals surface area contributed by atoms with Gasteiger partial charge in [-0.25, -0.2) is 0 Å². The van der Waals surface area contributed by atoms with Crippen LogP contribution in [0.1, 0.15) is 40.5 Å². The van der Waals surface area contributed by atoms with Crippen molar-refractivity contribution in [2.75, 3.05) is 6.61 Å². The summed E-state index contributed by atoms with van der Waals surface area (Å²) in [7, 11) is -2.44. The number of benzene rings is 2. The van der Waals surface area contributed by atoms with Crippen molar-refractivity contribution in [1.82, 2.24) is 0 Å². The summed E-state index contributed by atoms with van der Waals surface area (Å²) >= 11 is 0. The summed E-state index contributed by atoms with van der Waals surface area (Å²) in [5, 5.41) is 2.60. The lowest BCUT2D eigenvalue weighted by Crippen LogP contribution is -2.66. The van der Waals surface area contributed by atoms with Gasteiger partial charge in [0.25, 0.3) is 8.32 Å². The van der Waals surface area contributed by atoms with Gasteiger partial charge in [-0.15, -0.1) is 0 Å². The molecule has 2 nitrogen and oxygen atoms in total. The van der Waals surface area contributed by atoms with Gasteiger partial charge in [0, 0.05) is 13.0 Å². The van der Waals surface area contributed by atoms with Gasteiger partial charge in [-0.3, -0.25) is 0 Å². The second kappa shape index (κ2) is 8.59. The van der Waals surface area contributed by atoms with Crippen LogP contribution in [-0.4, -0.2) is 21.2 Å². The lowest BCUT2D eigenvalue weighted by molar-refractivity contribution is -0.108. The average Bonchev–Trinajstić information content (AvgIpc) is 2.61. The highest BCUT2D eigenvalue weighted by molar-refractivity contribution is 6.99. The van der Waals surface area contributed by atoms with Crippen LogP contribution in [-0.2, 0) is 9.22 Å². The van der Waals surface area contributed by atoms with Crippen LogP contribution in [0.2, 0.25) is 5.04 Å². The van der Waals surface area contributed by atoms with Gasteiger partial charge in [0.15, 0.2) is 0 Å². The fourth-order valence-corrected chi connectivity index (χ4v) is 8.15. The first kappa shape index (κ1) is 19.6. The molecule has 2 rings (SSSR count). The van der Waals surface area contributed by atoms with Crippen molar-refractivity contribution in [1.29, 1.82) is 0 Å². The summed E-state index contributed by atoms with van der Waals surface area (Å²) in [6, 6.07) is 21.4. The standard InChI is InChI=1S/C22H30O2Si/c1-19(12-11-17-23)18-24-25(22(2,3)4,20-13-7-5-8-14-20)21-15-9-6-10-16-21/h5-10,13-17,19H,11-12,18H2,1-4H3/t19-/m1/s1. The first-order valence-electron chi connectivity index (χ1n) is 9.10. The van der Waals surface area contributed by atoms with E-state index < -0.39 is 8.32 Å². The van der Waals surface area contributed by atoms with E-state index in [1.165, 1.54) is 10.4 Å². The van der Waals surface area contributed by atoms with Crippen molar-refractivity contribution in [3.8, 4) is 0 Å². The van der Waals surface area contributed by atoms with E-state index >= 15 is 0 Å². The Bertz CT molecular complexity index is 607. The minimum atomic E-state index is -2.44. The molecule has 1 atom stereocenters. The molecule has 2 aromatic carbocycles. The van der Waals surface area contributed by atoms with Crippen LogP contribution >= 0.6 is 0 Å². The Morgan fingerprint density at radius 1 is 0.960 bits per heavy atom. The second-order valence-electron chi connectivity index (χ2n) is 7.82. The Kier molecular flexibility index (Phi) is 6.74. The lowest BCUT2D eigenvalue weighted by Gasteiger charge is -2.43. The molecule has 0 bridgehead atoms. The molecule has 0 fully saturated rings. The minimum absolute atomic E-state index is 0.0000851. The molecule has 0 saturated carbocycles. The fourth-order valence-electron chi connectivity index (χ4n) is 3.46. The van der Waals surface area contributed by atoms with Crippen molar-refractivity contribution in [2.24, 2.45) is 5.92 Å². The van der Waals surface area contributed by atoms with Gasteiger partial charge in [0.2, 0.25) is 0 Å². The molecule has 0 amide bonds. The average molecular weight is 355 g/mol. The van der Waals surface area contributed by atoms with Gasteiger partial charge < -0.3 is 9.22 Å². The quantitative estimate of drug-likeness (QED) is 0.525. The molecule has 0 aliphatic heterocycles. The topological polar surface area (TPSA) is 26.3 Å². The second-order valence-corrected chi connectivity index (χ2v) is 12.1. The van der Waals surface area contributed by atoms with E-state index in [-0.39, 0.29) is 5.04 Å². The Balaban J connectivity index is 2.47. The molecule has 0 aliphatic rings. The van der Waals surface area contributed by atoms with Crippen LogP contribution in [0.15, 0.2) is 60.7 Å². The summed E-state index contributed by atoms with van der Waals surface area (Å²) < 4.78 is 6.85. The van der Waals surface area contributed by atoms with Crippen molar-refractivity contribution >= 4 is 25.0 Å². The maximum atomic E-state index is 10.7. The van der Waals surface area contributed by atoms with Gasteiger partial charge in [-0.1, -0.05) is 88.4 Å². The number of hydrogen-bond acceptors (Lipinski definition) is 2. The molecule has 25 heavy (non-hydrogen) atoms. The summed E-state index contributed by atoms with van der Waals surface area (Å²) in [4.78, 5) is 10.7. The normalized spacial score (nSPS) is 13.4. The molecule has 0 spiro atoms. The largest absolute Gasteiger partial charge is 0.407 e. The van der Waals surface area contributed by atoms with Crippen LogP contribution in [0.4, 0.5) is 0 Å². The molecule has 0 aliphatic carbocycles. The smallest absolute Gasteiger partial charge is 0.261 e. The van der Waals surface area contributed by atoms with E-state index in [1.807, 2.05) is 0 Å². The Morgan fingerprint density at radius 2 is 1.44 bits per heavy atom. The third-order valence-electron chi connectivity index (χ3n) is 4.78.